The van der Waals surface area contributed by atoms with Gasteiger partial charge in [0.05, 0.1) is 37.5 Å². The van der Waals surface area contributed by atoms with Crippen LogP contribution in [0.5, 0.6) is 0 Å². The summed E-state index contributed by atoms with van der Waals surface area (Å²) in [4.78, 5) is 26.1. The van der Waals surface area contributed by atoms with E-state index < -0.39 is 11.4 Å². The van der Waals surface area contributed by atoms with E-state index in [1.165, 1.54) is 11.8 Å². The van der Waals surface area contributed by atoms with Crippen LogP contribution >= 0.6 is 55.2 Å². The minimum absolute atomic E-state index is 0.0571. The van der Waals surface area contributed by atoms with Crippen molar-refractivity contribution >= 4 is 78.0 Å². The lowest BCUT2D eigenvalue weighted by Crippen LogP contribution is -2.61. The first kappa shape index (κ1) is 25.0. The van der Waals surface area contributed by atoms with Crippen LogP contribution < -0.4 is 4.90 Å². The Morgan fingerprint density at radius 3 is 2.61 bits per heavy atom. The second kappa shape index (κ2) is 9.17. The summed E-state index contributed by atoms with van der Waals surface area (Å²) in [6.07, 6.45) is 5.00. The van der Waals surface area contributed by atoms with Gasteiger partial charge in [0.1, 0.15) is 16.9 Å². The van der Waals surface area contributed by atoms with Crippen molar-refractivity contribution < 1.29 is 13.9 Å². The summed E-state index contributed by atoms with van der Waals surface area (Å²) < 4.78 is 21.6. The molecule has 6 nitrogen and oxygen atoms in total. The van der Waals surface area contributed by atoms with Crippen LogP contribution in [0.4, 0.5) is 15.0 Å². The van der Waals surface area contributed by atoms with E-state index in [0.29, 0.717) is 27.4 Å². The van der Waals surface area contributed by atoms with Crippen LogP contribution in [0, 0.1) is 5.82 Å². The number of carbonyl (C=O) groups is 1. The van der Waals surface area contributed by atoms with Crippen molar-refractivity contribution in [1.29, 1.82) is 0 Å². The number of nitrogens with zero attached hydrogens (tertiary/aromatic N) is 4. The summed E-state index contributed by atoms with van der Waals surface area (Å²) in [5, 5.41) is 1.16. The van der Waals surface area contributed by atoms with E-state index in [4.69, 9.17) is 21.3 Å². The molecule has 2 aliphatic rings. The smallest absolute Gasteiger partial charge is 0.410 e. The van der Waals surface area contributed by atoms with Crippen LogP contribution in [0.15, 0.2) is 26.8 Å². The minimum Gasteiger partial charge on any atom is -0.444 e. The SMILES string of the molecule is C=C[C@@H]1[C@@H]2CC[C@H](CN1c1nc(SC)nc3c(F)c(Br)c(Cl)c(Br)c13)N2C(=O)OC(C)(C)C. The molecule has 33 heavy (non-hydrogen) atoms. The van der Waals surface area contributed by atoms with Crippen molar-refractivity contribution in [2.24, 2.45) is 0 Å². The molecule has 1 amide bonds. The maximum absolute atomic E-state index is 15.2. The van der Waals surface area contributed by atoms with E-state index >= 15 is 4.39 Å². The molecular weight excluding hydrogens is 599 g/mol. The molecule has 11 heteroatoms. The number of fused-ring (bicyclic) bond motifs is 3. The number of piperazine rings is 1. The molecule has 3 atom stereocenters. The van der Waals surface area contributed by atoms with Gasteiger partial charge >= 0.3 is 6.09 Å². The molecule has 2 saturated heterocycles. The number of hydrogen-bond acceptors (Lipinski definition) is 6. The Hall–Kier alpha value is -1.10. The highest BCUT2D eigenvalue weighted by Gasteiger charge is 2.49. The van der Waals surface area contributed by atoms with E-state index in [1.54, 1.807) is 0 Å². The normalized spacial score (nSPS) is 22.7. The molecule has 0 N–H and O–H groups in total. The molecule has 178 valence electrons. The van der Waals surface area contributed by atoms with Gasteiger partial charge in [-0.15, -0.1) is 6.58 Å². The summed E-state index contributed by atoms with van der Waals surface area (Å²) in [6, 6.07) is -0.423. The van der Waals surface area contributed by atoms with Crippen molar-refractivity contribution in [2.45, 2.75) is 62.5 Å². The third kappa shape index (κ3) is 4.36. The van der Waals surface area contributed by atoms with Crippen LogP contribution in [0.2, 0.25) is 5.02 Å². The fourth-order valence-corrected chi connectivity index (χ4v) is 6.34. The van der Waals surface area contributed by atoms with E-state index in [1.807, 2.05) is 38.0 Å². The molecule has 4 rings (SSSR count). The Kier molecular flexibility index (Phi) is 6.95. The molecule has 2 aliphatic heterocycles. The third-order valence-corrected chi connectivity index (χ3v) is 8.80. The maximum Gasteiger partial charge on any atom is 0.410 e. The molecule has 0 unspecified atom stereocenters. The van der Waals surface area contributed by atoms with Crippen molar-refractivity contribution in [3.63, 3.8) is 0 Å². The molecule has 2 bridgehead atoms. The Labute approximate surface area is 218 Å². The standard InChI is InChI=1S/C22H24Br2ClFN4O2S/c1-6-11-12-8-7-10(30(12)21(31)32-22(2,3)4)9-29(11)19-13-14(23)16(25)15(24)17(26)18(13)27-20(28-19)33-5/h6,10-12H,1,7-9H2,2-5H3/t10-,11-,12+/m1/s1. The van der Waals surface area contributed by atoms with E-state index in [9.17, 15) is 4.79 Å². The highest BCUT2D eigenvalue weighted by Crippen LogP contribution is 2.45. The minimum atomic E-state index is -0.583. The Bertz CT molecular complexity index is 1150. The average molecular weight is 623 g/mol. The molecule has 3 heterocycles. The zero-order chi connectivity index (χ0) is 24.2. The molecule has 0 spiro atoms. The molecule has 1 aromatic heterocycles. The Morgan fingerprint density at radius 2 is 2.00 bits per heavy atom. The second-order valence-electron chi connectivity index (χ2n) is 9.08. The highest BCUT2D eigenvalue weighted by atomic mass is 79.9. The van der Waals surface area contributed by atoms with Gasteiger partial charge in [0, 0.05) is 6.54 Å². The van der Waals surface area contributed by atoms with Crippen molar-refractivity contribution in [1.82, 2.24) is 14.9 Å². The van der Waals surface area contributed by atoms with Gasteiger partial charge in [-0.25, -0.2) is 19.2 Å². The van der Waals surface area contributed by atoms with Gasteiger partial charge in [-0.1, -0.05) is 29.4 Å². The molecule has 0 saturated carbocycles. The number of hydrogen-bond donors (Lipinski definition) is 0. The number of anilines is 1. The lowest BCUT2D eigenvalue weighted by atomic mass is 10.0. The van der Waals surface area contributed by atoms with E-state index in [0.717, 1.165) is 12.8 Å². The topological polar surface area (TPSA) is 58.6 Å². The van der Waals surface area contributed by atoms with Gasteiger partial charge < -0.3 is 9.64 Å². The Balaban J connectivity index is 1.84. The zero-order valence-corrected chi connectivity index (χ0v) is 23.4. The summed E-state index contributed by atoms with van der Waals surface area (Å²) in [5.41, 5.74) is -0.405. The zero-order valence-electron chi connectivity index (χ0n) is 18.7. The molecule has 1 aromatic carbocycles. The number of aromatic nitrogens is 2. The van der Waals surface area contributed by atoms with Crippen LogP contribution in [0.1, 0.15) is 33.6 Å². The fraction of sp³-hybridized carbons (Fsp3) is 0.500. The molecule has 2 fully saturated rings. The number of benzene rings is 1. The lowest BCUT2D eigenvalue weighted by Gasteiger charge is -2.46. The summed E-state index contributed by atoms with van der Waals surface area (Å²) >= 11 is 14.5. The van der Waals surface area contributed by atoms with E-state index in [-0.39, 0.29) is 39.2 Å². The van der Waals surface area contributed by atoms with Crippen LogP contribution in [0.3, 0.4) is 0 Å². The van der Waals surface area contributed by atoms with Crippen LogP contribution in [-0.2, 0) is 4.74 Å². The van der Waals surface area contributed by atoms with Crippen molar-refractivity contribution in [3.8, 4) is 0 Å². The van der Waals surface area contributed by atoms with Gasteiger partial charge in [-0.3, -0.25) is 4.90 Å². The molecule has 0 radical (unpaired) electrons. The van der Waals surface area contributed by atoms with Crippen molar-refractivity contribution in [2.75, 3.05) is 17.7 Å². The Morgan fingerprint density at radius 1 is 1.30 bits per heavy atom. The highest BCUT2D eigenvalue weighted by molar-refractivity contribution is 9.11. The first-order valence-corrected chi connectivity index (χ1v) is 13.7. The first-order valence-electron chi connectivity index (χ1n) is 10.5. The van der Waals surface area contributed by atoms with Gasteiger partial charge in [0.15, 0.2) is 11.0 Å². The lowest BCUT2D eigenvalue weighted by molar-refractivity contribution is 0.00954. The number of carbonyl (C=O) groups excluding carboxylic acids is 1. The monoisotopic (exact) mass is 620 g/mol. The number of thioether (sulfide) groups is 1. The van der Waals surface area contributed by atoms with Gasteiger partial charge in [0.25, 0.3) is 0 Å². The fourth-order valence-electron chi connectivity index (χ4n) is 4.59. The predicted molar refractivity (Wildman–Crippen MR) is 138 cm³/mol. The van der Waals surface area contributed by atoms with Gasteiger partial charge in [-0.05, 0) is 71.7 Å². The third-order valence-electron chi connectivity index (χ3n) is 5.88. The average Bonchev–Trinajstić information content (AvgIpc) is 3.08. The summed E-state index contributed by atoms with van der Waals surface area (Å²) in [5.74, 6) is 0.0258. The summed E-state index contributed by atoms with van der Waals surface area (Å²) in [6.45, 7) is 10.1. The number of halogens is 4. The number of rotatable bonds is 3. The van der Waals surface area contributed by atoms with Gasteiger partial charge in [0.2, 0.25) is 0 Å². The summed E-state index contributed by atoms with van der Waals surface area (Å²) in [7, 11) is 0. The number of amides is 1. The maximum atomic E-state index is 15.2. The quantitative estimate of drug-likeness (QED) is 0.123. The molecule has 0 aliphatic carbocycles. The van der Waals surface area contributed by atoms with Crippen LogP contribution in [0.25, 0.3) is 10.9 Å². The predicted octanol–water partition coefficient (Wildman–Crippen LogP) is 6.81. The molecule has 2 aromatic rings. The first-order chi connectivity index (χ1) is 15.5. The number of ether oxygens (including phenoxy) is 1. The van der Waals surface area contributed by atoms with Gasteiger partial charge in [-0.2, -0.15) is 0 Å². The van der Waals surface area contributed by atoms with Crippen LogP contribution in [-0.4, -0.2) is 57.5 Å². The largest absolute Gasteiger partial charge is 0.444 e. The van der Waals surface area contributed by atoms with Crippen molar-refractivity contribution in [3.05, 3.63) is 32.4 Å². The molecular formula is C22H24Br2ClFN4O2S. The second-order valence-corrected chi connectivity index (χ2v) is 11.8. The van der Waals surface area contributed by atoms with E-state index in [2.05, 4.69) is 48.3 Å².